The van der Waals surface area contributed by atoms with Crippen LogP contribution in [0.15, 0.2) is 0 Å². The van der Waals surface area contributed by atoms with E-state index in [1.54, 1.807) is 6.92 Å². The van der Waals surface area contributed by atoms with E-state index in [1.807, 2.05) is 4.90 Å². The number of aliphatic hydroxyl groups is 1. The van der Waals surface area contributed by atoms with E-state index < -0.39 is 0 Å². The molecule has 2 rings (SSSR count). The molecule has 2 unspecified atom stereocenters. The third-order valence-electron chi connectivity index (χ3n) is 5.33. The van der Waals surface area contributed by atoms with E-state index >= 15 is 0 Å². The summed E-state index contributed by atoms with van der Waals surface area (Å²) < 4.78 is 0. The van der Waals surface area contributed by atoms with Gasteiger partial charge in [-0.05, 0) is 38.0 Å². The minimum absolute atomic E-state index is 0.124. The molecule has 5 heteroatoms. The molecule has 2 N–H and O–H groups in total. The molecule has 2 aliphatic rings. The van der Waals surface area contributed by atoms with Crippen molar-refractivity contribution in [1.29, 1.82) is 0 Å². The maximum atomic E-state index is 12.1. The fourth-order valence-corrected chi connectivity index (χ4v) is 3.77. The molecule has 0 bridgehead atoms. The van der Waals surface area contributed by atoms with Crippen LogP contribution in [-0.2, 0) is 9.59 Å². The summed E-state index contributed by atoms with van der Waals surface area (Å²) in [7, 11) is 0. The number of rotatable bonds is 5. The number of piperidine rings is 1. The lowest BCUT2D eigenvalue weighted by Crippen LogP contribution is -2.43. The van der Waals surface area contributed by atoms with Gasteiger partial charge < -0.3 is 15.3 Å². The van der Waals surface area contributed by atoms with Crippen LogP contribution in [0.3, 0.4) is 0 Å². The predicted octanol–water partition coefficient (Wildman–Crippen LogP) is 1.69. The quantitative estimate of drug-likeness (QED) is 0.812. The van der Waals surface area contributed by atoms with Gasteiger partial charge in [0.2, 0.25) is 11.8 Å². The van der Waals surface area contributed by atoms with Gasteiger partial charge in [0.05, 0.1) is 0 Å². The van der Waals surface area contributed by atoms with Gasteiger partial charge in [-0.3, -0.25) is 9.59 Å². The molecule has 5 nitrogen and oxygen atoms in total. The predicted molar refractivity (Wildman–Crippen MR) is 85.2 cm³/mol. The molecule has 0 radical (unpaired) electrons. The van der Waals surface area contributed by atoms with Crippen molar-refractivity contribution in [3.8, 4) is 0 Å². The van der Waals surface area contributed by atoms with E-state index in [4.69, 9.17) is 0 Å². The Morgan fingerprint density at radius 3 is 2.45 bits per heavy atom. The van der Waals surface area contributed by atoms with Crippen LogP contribution in [0.5, 0.6) is 0 Å². The standard InChI is InChI=1S/C17H30N2O3/c1-13(21)19-10-8-14(9-11-19)6-7-17(22)18-16-5-3-2-4-15(16)12-20/h14-16,20H,2-12H2,1H3,(H,18,22). The second kappa shape index (κ2) is 8.51. The highest BCUT2D eigenvalue weighted by molar-refractivity contribution is 5.76. The van der Waals surface area contributed by atoms with Crippen LogP contribution in [0.4, 0.5) is 0 Å². The normalized spacial score (nSPS) is 26.7. The molecule has 0 spiro atoms. The van der Waals surface area contributed by atoms with Crippen LogP contribution in [0, 0.1) is 11.8 Å². The number of nitrogens with one attached hydrogen (secondary N) is 1. The number of aliphatic hydroxyl groups excluding tert-OH is 1. The summed E-state index contributed by atoms with van der Waals surface area (Å²) in [5, 5.41) is 12.5. The zero-order valence-electron chi connectivity index (χ0n) is 13.7. The van der Waals surface area contributed by atoms with E-state index in [0.29, 0.717) is 12.3 Å². The third kappa shape index (κ3) is 4.97. The van der Waals surface area contributed by atoms with Gasteiger partial charge in [-0.15, -0.1) is 0 Å². The lowest BCUT2D eigenvalue weighted by molar-refractivity contribution is -0.130. The largest absolute Gasteiger partial charge is 0.396 e. The van der Waals surface area contributed by atoms with Gasteiger partial charge in [-0.25, -0.2) is 0 Å². The molecule has 0 aromatic heterocycles. The lowest BCUT2D eigenvalue weighted by Gasteiger charge is -2.32. The first-order chi connectivity index (χ1) is 10.6. The first-order valence-electron chi connectivity index (χ1n) is 8.76. The zero-order chi connectivity index (χ0) is 15.9. The Bertz CT molecular complexity index is 378. The van der Waals surface area contributed by atoms with Gasteiger partial charge in [0.1, 0.15) is 0 Å². The van der Waals surface area contributed by atoms with E-state index in [2.05, 4.69) is 5.32 Å². The molecule has 126 valence electrons. The summed E-state index contributed by atoms with van der Waals surface area (Å²) >= 11 is 0. The first-order valence-corrected chi connectivity index (χ1v) is 8.76. The maximum Gasteiger partial charge on any atom is 0.220 e. The van der Waals surface area contributed by atoms with E-state index in [1.165, 1.54) is 0 Å². The minimum atomic E-state index is 0.124. The average Bonchev–Trinajstić information content (AvgIpc) is 2.54. The number of amides is 2. The fraction of sp³-hybridized carbons (Fsp3) is 0.882. The SMILES string of the molecule is CC(=O)N1CCC(CCC(=O)NC2CCCCC2CO)CC1. The molecule has 1 saturated heterocycles. The second-order valence-electron chi connectivity index (χ2n) is 6.89. The molecule has 2 fully saturated rings. The number of hydrogen-bond acceptors (Lipinski definition) is 3. The topological polar surface area (TPSA) is 69.6 Å². The molecule has 1 aliphatic carbocycles. The highest BCUT2D eigenvalue weighted by atomic mass is 16.3. The van der Waals surface area contributed by atoms with E-state index in [9.17, 15) is 14.7 Å². The maximum absolute atomic E-state index is 12.1. The van der Waals surface area contributed by atoms with Crippen molar-refractivity contribution in [2.45, 2.75) is 64.3 Å². The van der Waals surface area contributed by atoms with Gasteiger partial charge in [-0.1, -0.05) is 12.8 Å². The first kappa shape index (κ1) is 17.3. The van der Waals surface area contributed by atoms with Gasteiger partial charge in [0.15, 0.2) is 0 Å². The van der Waals surface area contributed by atoms with Crippen molar-refractivity contribution in [3.05, 3.63) is 0 Å². The van der Waals surface area contributed by atoms with Crippen molar-refractivity contribution in [1.82, 2.24) is 10.2 Å². The smallest absolute Gasteiger partial charge is 0.220 e. The Morgan fingerprint density at radius 2 is 1.82 bits per heavy atom. The summed E-state index contributed by atoms with van der Waals surface area (Å²) in [6, 6.07) is 0.158. The van der Waals surface area contributed by atoms with Crippen molar-refractivity contribution in [3.63, 3.8) is 0 Å². The Hall–Kier alpha value is -1.10. The van der Waals surface area contributed by atoms with Crippen LogP contribution in [0.2, 0.25) is 0 Å². The van der Waals surface area contributed by atoms with Crippen molar-refractivity contribution in [2.24, 2.45) is 11.8 Å². The molecular formula is C17H30N2O3. The van der Waals surface area contributed by atoms with E-state index in [-0.39, 0.29) is 30.4 Å². The second-order valence-corrected chi connectivity index (χ2v) is 6.89. The van der Waals surface area contributed by atoms with Crippen molar-refractivity contribution >= 4 is 11.8 Å². The Kier molecular flexibility index (Phi) is 6.68. The monoisotopic (exact) mass is 310 g/mol. The minimum Gasteiger partial charge on any atom is -0.396 e. The van der Waals surface area contributed by atoms with Gasteiger partial charge in [0, 0.05) is 45.0 Å². The number of hydrogen-bond donors (Lipinski definition) is 2. The zero-order valence-corrected chi connectivity index (χ0v) is 13.7. The number of carbonyl (C=O) groups excluding carboxylic acids is 2. The van der Waals surface area contributed by atoms with E-state index in [0.717, 1.165) is 58.0 Å². The van der Waals surface area contributed by atoms with Crippen LogP contribution < -0.4 is 5.32 Å². The van der Waals surface area contributed by atoms with Gasteiger partial charge in [0.25, 0.3) is 0 Å². The summed E-state index contributed by atoms with van der Waals surface area (Å²) in [5.41, 5.74) is 0. The molecule has 0 aromatic carbocycles. The highest BCUT2D eigenvalue weighted by Gasteiger charge is 2.26. The molecule has 2 amide bonds. The molecule has 0 aromatic rings. The van der Waals surface area contributed by atoms with Gasteiger partial charge in [-0.2, -0.15) is 0 Å². The third-order valence-corrected chi connectivity index (χ3v) is 5.33. The molecule has 1 heterocycles. The molecule has 1 saturated carbocycles. The average molecular weight is 310 g/mol. The molecule has 22 heavy (non-hydrogen) atoms. The Labute approximate surface area is 133 Å². The van der Waals surface area contributed by atoms with Crippen molar-refractivity contribution < 1.29 is 14.7 Å². The van der Waals surface area contributed by atoms with Gasteiger partial charge >= 0.3 is 0 Å². The Balaban J connectivity index is 1.66. The summed E-state index contributed by atoms with van der Waals surface area (Å²) in [5.74, 6) is 1.07. The highest BCUT2D eigenvalue weighted by Crippen LogP contribution is 2.25. The molecule has 2 atom stereocenters. The van der Waals surface area contributed by atoms with Crippen LogP contribution in [0.25, 0.3) is 0 Å². The van der Waals surface area contributed by atoms with Crippen LogP contribution >= 0.6 is 0 Å². The Morgan fingerprint density at radius 1 is 1.14 bits per heavy atom. The molecule has 1 aliphatic heterocycles. The fourth-order valence-electron chi connectivity index (χ4n) is 3.77. The number of carbonyl (C=O) groups is 2. The van der Waals surface area contributed by atoms with Crippen LogP contribution in [0.1, 0.15) is 58.3 Å². The summed E-state index contributed by atoms with van der Waals surface area (Å²) in [6.07, 6.45) is 7.81. The molecular weight excluding hydrogens is 280 g/mol. The lowest BCUT2D eigenvalue weighted by atomic mass is 9.85. The summed E-state index contributed by atoms with van der Waals surface area (Å²) in [4.78, 5) is 25.3. The van der Waals surface area contributed by atoms with Crippen molar-refractivity contribution in [2.75, 3.05) is 19.7 Å². The number of nitrogens with zero attached hydrogens (tertiary/aromatic N) is 1. The van der Waals surface area contributed by atoms with Crippen LogP contribution in [-0.4, -0.2) is 47.6 Å². The number of likely N-dealkylation sites (tertiary alicyclic amines) is 1. The summed E-state index contributed by atoms with van der Waals surface area (Å²) in [6.45, 7) is 3.46.